The molecule has 0 spiro atoms. The molecule has 2 atom stereocenters. The molecular weight excluding hydrogens is 205 g/mol. The third kappa shape index (κ3) is 1.76. The molecule has 0 amide bonds. The normalized spacial score (nSPS) is 26.2. The third-order valence-corrected chi connectivity index (χ3v) is 2.75. The highest BCUT2D eigenvalue weighted by Crippen LogP contribution is 2.48. The van der Waals surface area contributed by atoms with Crippen LogP contribution in [0.4, 0.5) is 13.2 Å². The molecule has 1 aliphatic carbocycles. The lowest BCUT2D eigenvalue weighted by Crippen LogP contribution is -2.45. The molecule has 1 aliphatic rings. The molecular formula is C11H9F3O. The van der Waals surface area contributed by atoms with Gasteiger partial charge in [-0.3, -0.25) is 4.79 Å². The van der Waals surface area contributed by atoms with Crippen LogP contribution < -0.4 is 0 Å². The average molecular weight is 214 g/mol. The number of benzene rings is 1. The van der Waals surface area contributed by atoms with Crippen LogP contribution in [0.25, 0.3) is 0 Å². The molecule has 4 heteroatoms. The van der Waals surface area contributed by atoms with Crippen LogP contribution in [0.2, 0.25) is 0 Å². The second kappa shape index (κ2) is 3.36. The van der Waals surface area contributed by atoms with E-state index in [0.29, 0.717) is 5.56 Å². The van der Waals surface area contributed by atoms with Gasteiger partial charge in [0.25, 0.3) is 0 Å². The van der Waals surface area contributed by atoms with Gasteiger partial charge < -0.3 is 0 Å². The Morgan fingerprint density at radius 3 is 2.20 bits per heavy atom. The van der Waals surface area contributed by atoms with Gasteiger partial charge in [-0.05, 0) is 5.56 Å². The van der Waals surface area contributed by atoms with Crippen LogP contribution in [0.1, 0.15) is 17.9 Å². The van der Waals surface area contributed by atoms with Gasteiger partial charge in [0, 0.05) is 12.3 Å². The van der Waals surface area contributed by atoms with Crippen molar-refractivity contribution in [2.24, 2.45) is 5.92 Å². The predicted molar refractivity (Wildman–Crippen MR) is 48.4 cm³/mol. The summed E-state index contributed by atoms with van der Waals surface area (Å²) < 4.78 is 37.4. The van der Waals surface area contributed by atoms with E-state index >= 15 is 0 Å². The minimum Gasteiger partial charge on any atom is -0.299 e. The number of hydrogen-bond donors (Lipinski definition) is 0. The van der Waals surface area contributed by atoms with Crippen LogP contribution in [0.5, 0.6) is 0 Å². The lowest BCUT2D eigenvalue weighted by molar-refractivity contribution is -0.199. The number of carbonyl (C=O) groups excluding carboxylic acids is 1. The highest BCUT2D eigenvalue weighted by molar-refractivity contribution is 5.90. The number of Topliss-reactive ketones (excluding diaryl/α,β-unsaturated/α-hetero) is 1. The maximum atomic E-state index is 12.5. The molecule has 0 bridgehead atoms. The zero-order valence-electron chi connectivity index (χ0n) is 7.79. The molecule has 80 valence electrons. The zero-order valence-corrected chi connectivity index (χ0v) is 7.79. The molecule has 1 aromatic rings. The average Bonchev–Trinajstić information content (AvgIpc) is 2.12. The minimum absolute atomic E-state index is 0.00812. The van der Waals surface area contributed by atoms with Gasteiger partial charge >= 0.3 is 6.18 Å². The van der Waals surface area contributed by atoms with Crippen molar-refractivity contribution in [3.63, 3.8) is 0 Å². The van der Waals surface area contributed by atoms with Gasteiger partial charge in [-0.1, -0.05) is 30.3 Å². The van der Waals surface area contributed by atoms with Crippen molar-refractivity contribution in [3.05, 3.63) is 35.9 Å². The molecule has 1 saturated carbocycles. The molecule has 0 aromatic heterocycles. The lowest BCUT2D eigenvalue weighted by Gasteiger charge is -2.36. The van der Waals surface area contributed by atoms with E-state index in [1.54, 1.807) is 30.3 Å². The molecule has 2 rings (SSSR count). The summed E-state index contributed by atoms with van der Waals surface area (Å²) in [5, 5.41) is 0. The van der Waals surface area contributed by atoms with E-state index in [4.69, 9.17) is 0 Å². The summed E-state index contributed by atoms with van der Waals surface area (Å²) in [6.45, 7) is 0. The van der Waals surface area contributed by atoms with Crippen LogP contribution in [0.15, 0.2) is 30.3 Å². The van der Waals surface area contributed by atoms with Crippen molar-refractivity contribution >= 4 is 5.78 Å². The SMILES string of the molecule is O=C1CC(c2ccccc2)C1C(F)(F)F. The highest BCUT2D eigenvalue weighted by Gasteiger charge is 2.56. The number of ketones is 1. The lowest BCUT2D eigenvalue weighted by atomic mass is 9.68. The highest BCUT2D eigenvalue weighted by atomic mass is 19.4. The number of alkyl halides is 3. The Balaban J connectivity index is 2.23. The molecule has 1 fully saturated rings. The first kappa shape index (κ1) is 10.2. The Morgan fingerprint density at radius 1 is 1.13 bits per heavy atom. The maximum Gasteiger partial charge on any atom is 0.399 e. The van der Waals surface area contributed by atoms with Gasteiger partial charge in [0.2, 0.25) is 0 Å². The number of hydrogen-bond acceptors (Lipinski definition) is 1. The van der Waals surface area contributed by atoms with Gasteiger partial charge in [-0.2, -0.15) is 13.2 Å². The zero-order chi connectivity index (χ0) is 11.1. The molecule has 0 heterocycles. The van der Waals surface area contributed by atoms with Crippen molar-refractivity contribution in [2.45, 2.75) is 18.5 Å². The van der Waals surface area contributed by atoms with E-state index in [0.717, 1.165) is 0 Å². The Kier molecular flexibility index (Phi) is 2.29. The number of rotatable bonds is 1. The van der Waals surface area contributed by atoms with Gasteiger partial charge in [-0.25, -0.2) is 0 Å². The van der Waals surface area contributed by atoms with Crippen molar-refractivity contribution in [1.82, 2.24) is 0 Å². The van der Waals surface area contributed by atoms with E-state index in [-0.39, 0.29) is 6.42 Å². The Hall–Kier alpha value is -1.32. The van der Waals surface area contributed by atoms with E-state index in [2.05, 4.69) is 0 Å². The fourth-order valence-corrected chi connectivity index (χ4v) is 1.95. The molecule has 1 nitrogen and oxygen atoms in total. The Labute approximate surface area is 84.9 Å². The van der Waals surface area contributed by atoms with Crippen LogP contribution in [0, 0.1) is 5.92 Å². The van der Waals surface area contributed by atoms with E-state index in [9.17, 15) is 18.0 Å². The first-order valence-corrected chi connectivity index (χ1v) is 4.64. The van der Waals surface area contributed by atoms with Gasteiger partial charge in [0.15, 0.2) is 0 Å². The van der Waals surface area contributed by atoms with E-state index in [1.807, 2.05) is 0 Å². The van der Waals surface area contributed by atoms with Crippen molar-refractivity contribution < 1.29 is 18.0 Å². The summed E-state index contributed by atoms with van der Waals surface area (Å²) in [4.78, 5) is 10.9. The predicted octanol–water partition coefficient (Wildman–Crippen LogP) is 2.92. The van der Waals surface area contributed by atoms with Crippen LogP contribution in [-0.2, 0) is 4.79 Å². The monoisotopic (exact) mass is 214 g/mol. The topological polar surface area (TPSA) is 17.1 Å². The summed E-state index contributed by atoms with van der Waals surface area (Å²) in [6.07, 6.45) is -4.40. The fourth-order valence-electron chi connectivity index (χ4n) is 1.95. The maximum absolute atomic E-state index is 12.5. The van der Waals surface area contributed by atoms with Crippen molar-refractivity contribution in [3.8, 4) is 0 Å². The molecule has 15 heavy (non-hydrogen) atoms. The summed E-state index contributed by atoms with van der Waals surface area (Å²) >= 11 is 0. The molecule has 0 N–H and O–H groups in total. The third-order valence-electron chi connectivity index (χ3n) is 2.75. The number of carbonyl (C=O) groups is 1. The Bertz CT molecular complexity index is 369. The second-order valence-corrected chi connectivity index (χ2v) is 3.71. The summed E-state index contributed by atoms with van der Waals surface area (Å²) in [7, 11) is 0. The first-order valence-electron chi connectivity index (χ1n) is 4.64. The van der Waals surface area contributed by atoms with Crippen LogP contribution in [0.3, 0.4) is 0 Å². The van der Waals surface area contributed by atoms with Gasteiger partial charge in [-0.15, -0.1) is 0 Å². The largest absolute Gasteiger partial charge is 0.399 e. The molecule has 0 radical (unpaired) electrons. The quantitative estimate of drug-likeness (QED) is 0.702. The van der Waals surface area contributed by atoms with Crippen LogP contribution >= 0.6 is 0 Å². The molecule has 2 unspecified atom stereocenters. The Morgan fingerprint density at radius 2 is 1.73 bits per heavy atom. The van der Waals surface area contributed by atoms with Crippen LogP contribution in [-0.4, -0.2) is 12.0 Å². The van der Waals surface area contributed by atoms with E-state index < -0.39 is 23.8 Å². The number of halogens is 3. The summed E-state index contributed by atoms with van der Waals surface area (Å²) in [5.74, 6) is -3.17. The van der Waals surface area contributed by atoms with Crippen molar-refractivity contribution in [2.75, 3.05) is 0 Å². The van der Waals surface area contributed by atoms with Crippen molar-refractivity contribution in [1.29, 1.82) is 0 Å². The smallest absolute Gasteiger partial charge is 0.299 e. The molecule has 0 saturated heterocycles. The fraction of sp³-hybridized carbons (Fsp3) is 0.364. The van der Waals surface area contributed by atoms with E-state index in [1.165, 1.54) is 0 Å². The van der Waals surface area contributed by atoms with Gasteiger partial charge in [0.05, 0.1) is 0 Å². The van der Waals surface area contributed by atoms with Gasteiger partial charge in [0.1, 0.15) is 11.7 Å². The summed E-state index contributed by atoms with van der Waals surface area (Å²) in [5.41, 5.74) is 0.597. The first-order chi connectivity index (χ1) is 7.00. The molecule has 0 aliphatic heterocycles. The standard InChI is InChI=1S/C11H9F3O/c12-11(13,14)10-8(6-9(10)15)7-4-2-1-3-5-7/h1-5,8,10H,6H2. The molecule has 1 aromatic carbocycles. The second-order valence-electron chi connectivity index (χ2n) is 3.71. The summed E-state index contributed by atoms with van der Waals surface area (Å²) in [6, 6.07) is 8.38. The minimum atomic E-state index is -4.41.